The molecule has 0 amide bonds. The van der Waals surface area contributed by atoms with Crippen LogP contribution in [0.1, 0.15) is 42.4 Å². The van der Waals surface area contributed by atoms with Gasteiger partial charge >= 0.3 is 0 Å². The summed E-state index contributed by atoms with van der Waals surface area (Å²) in [4.78, 5) is 11.6. The van der Waals surface area contributed by atoms with Crippen molar-refractivity contribution in [2.24, 2.45) is 0 Å². The van der Waals surface area contributed by atoms with Crippen LogP contribution in [-0.4, -0.2) is 28.0 Å². The summed E-state index contributed by atoms with van der Waals surface area (Å²) in [6.07, 6.45) is 3.92. The number of rotatable bonds is 3. The largest absolute Gasteiger partial charge is 0.297 e. The molecule has 1 saturated carbocycles. The first-order valence-electron chi connectivity index (χ1n) is 5.88. The molecule has 15 heavy (non-hydrogen) atoms. The smallest absolute Gasteiger partial charge is 0.131 e. The fourth-order valence-electron chi connectivity index (χ4n) is 2.03. The van der Waals surface area contributed by atoms with Gasteiger partial charge in [0.05, 0.1) is 5.69 Å². The molecule has 0 unspecified atom stereocenters. The Labute approximate surface area is 90.5 Å². The molecule has 0 bridgehead atoms. The molecule has 3 nitrogen and oxygen atoms in total. The van der Waals surface area contributed by atoms with E-state index in [0.29, 0.717) is 5.92 Å². The average molecular weight is 203 g/mol. The Morgan fingerprint density at radius 3 is 2.73 bits per heavy atom. The minimum atomic E-state index is 0.667. The van der Waals surface area contributed by atoms with Crippen molar-refractivity contribution >= 4 is 0 Å². The monoisotopic (exact) mass is 203 g/mol. The van der Waals surface area contributed by atoms with Gasteiger partial charge in [-0.05, 0) is 45.3 Å². The summed E-state index contributed by atoms with van der Waals surface area (Å²) < 4.78 is 0. The molecule has 0 spiro atoms. The molecule has 0 N–H and O–H groups in total. The van der Waals surface area contributed by atoms with Gasteiger partial charge in [0, 0.05) is 18.2 Å². The van der Waals surface area contributed by atoms with Gasteiger partial charge < -0.3 is 0 Å². The SMILES string of the molecule is Cc1cc(CN2CCC2)nc(C2CC2)n1. The molecule has 2 fully saturated rings. The van der Waals surface area contributed by atoms with Gasteiger partial charge in [0.1, 0.15) is 5.82 Å². The molecule has 2 heterocycles. The first-order chi connectivity index (χ1) is 7.31. The van der Waals surface area contributed by atoms with Crippen LogP contribution in [0.15, 0.2) is 6.07 Å². The van der Waals surface area contributed by atoms with Crippen LogP contribution < -0.4 is 0 Å². The van der Waals surface area contributed by atoms with E-state index in [1.54, 1.807) is 0 Å². The van der Waals surface area contributed by atoms with Crippen LogP contribution in [0.2, 0.25) is 0 Å². The van der Waals surface area contributed by atoms with E-state index in [2.05, 4.69) is 27.9 Å². The summed E-state index contributed by atoms with van der Waals surface area (Å²) in [5.41, 5.74) is 2.34. The van der Waals surface area contributed by atoms with E-state index in [4.69, 9.17) is 0 Å². The van der Waals surface area contributed by atoms with Crippen LogP contribution in [0, 0.1) is 6.92 Å². The fourth-order valence-corrected chi connectivity index (χ4v) is 2.03. The maximum absolute atomic E-state index is 4.66. The molecule has 2 aliphatic rings. The Hall–Kier alpha value is -0.960. The van der Waals surface area contributed by atoms with Crippen LogP contribution in [0.25, 0.3) is 0 Å². The summed E-state index contributed by atoms with van der Waals surface area (Å²) >= 11 is 0. The quantitative estimate of drug-likeness (QED) is 0.751. The Kier molecular flexibility index (Phi) is 2.20. The van der Waals surface area contributed by atoms with Crippen LogP contribution in [-0.2, 0) is 6.54 Å². The first kappa shape index (κ1) is 9.28. The zero-order chi connectivity index (χ0) is 10.3. The van der Waals surface area contributed by atoms with Crippen molar-refractivity contribution in [3.63, 3.8) is 0 Å². The van der Waals surface area contributed by atoms with Crippen molar-refractivity contribution < 1.29 is 0 Å². The van der Waals surface area contributed by atoms with Crippen molar-refractivity contribution in [3.05, 3.63) is 23.3 Å². The second-order valence-corrected chi connectivity index (χ2v) is 4.76. The first-order valence-corrected chi connectivity index (χ1v) is 5.88. The van der Waals surface area contributed by atoms with Gasteiger partial charge in [-0.3, -0.25) is 4.90 Å². The molecule has 0 radical (unpaired) electrons. The number of hydrogen-bond donors (Lipinski definition) is 0. The van der Waals surface area contributed by atoms with E-state index in [1.165, 1.54) is 38.0 Å². The maximum Gasteiger partial charge on any atom is 0.131 e. The molecule has 1 aromatic rings. The van der Waals surface area contributed by atoms with Crippen LogP contribution in [0.3, 0.4) is 0 Å². The number of likely N-dealkylation sites (tertiary alicyclic amines) is 1. The second-order valence-electron chi connectivity index (χ2n) is 4.76. The lowest BCUT2D eigenvalue weighted by Crippen LogP contribution is -2.36. The van der Waals surface area contributed by atoms with Crippen molar-refractivity contribution in [1.82, 2.24) is 14.9 Å². The highest BCUT2D eigenvalue weighted by Crippen LogP contribution is 2.38. The van der Waals surface area contributed by atoms with Crippen LogP contribution >= 0.6 is 0 Å². The molecular formula is C12H17N3. The molecule has 3 rings (SSSR count). The minimum Gasteiger partial charge on any atom is -0.297 e. The normalized spacial score (nSPS) is 21.4. The number of aryl methyl sites for hydroxylation is 1. The summed E-state index contributed by atoms with van der Waals surface area (Å²) in [6, 6.07) is 2.13. The lowest BCUT2D eigenvalue weighted by Gasteiger charge is -2.30. The lowest BCUT2D eigenvalue weighted by atomic mass is 10.2. The summed E-state index contributed by atoms with van der Waals surface area (Å²) in [5, 5.41) is 0. The highest BCUT2D eigenvalue weighted by Gasteiger charge is 2.27. The second kappa shape index (κ2) is 3.56. The van der Waals surface area contributed by atoms with Crippen molar-refractivity contribution in [1.29, 1.82) is 0 Å². The molecule has 3 heteroatoms. The van der Waals surface area contributed by atoms with E-state index in [9.17, 15) is 0 Å². The third kappa shape index (κ3) is 2.02. The van der Waals surface area contributed by atoms with E-state index < -0.39 is 0 Å². The topological polar surface area (TPSA) is 29.0 Å². The predicted molar refractivity (Wildman–Crippen MR) is 58.6 cm³/mol. The molecule has 1 saturated heterocycles. The fraction of sp³-hybridized carbons (Fsp3) is 0.667. The van der Waals surface area contributed by atoms with Gasteiger partial charge in [-0.2, -0.15) is 0 Å². The standard InChI is InChI=1S/C12H17N3/c1-9-7-11(8-15-5-2-6-15)14-12(13-9)10-3-4-10/h7,10H,2-6,8H2,1H3. The summed E-state index contributed by atoms with van der Waals surface area (Å²) in [7, 11) is 0. The molecule has 1 aromatic heterocycles. The van der Waals surface area contributed by atoms with Gasteiger partial charge in [0.2, 0.25) is 0 Å². The minimum absolute atomic E-state index is 0.667. The molecule has 1 aliphatic carbocycles. The van der Waals surface area contributed by atoms with Crippen molar-refractivity contribution in [2.75, 3.05) is 13.1 Å². The average Bonchev–Trinajstić information content (AvgIpc) is 2.93. The molecule has 1 aliphatic heterocycles. The van der Waals surface area contributed by atoms with Crippen molar-refractivity contribution in [2.45, 2.75) is 38.6 Å². The third-order valence-electron chi connectivity index (χ3n) is 3.20. The third-order valence-corrected chi connectivity index (χ3v) is 3.20. The molecule has 0 atom stereocenters. The number of nitrogens with zero attached hydrogens (tertiary/aromatic N) is 3. The summed E-state index contributed by atoms with van der Waals surface area (Å²) in [6.45, 7) is 5.57. The molecular weight excluding hydrogens is 186 g/mol. The molecule has 0 aromatic carbocycles. The van der Waals surface area contributed by atoms with Crippen molar-refractivity contribution in [3.8, 4) is 0 Å². The van der Waals surface area contributed by atoms with Crippen LogP contribution in [0.4, 0.5) is 0 Å². The molecule has 80 valence electrons. The maximum atomic E-state index is 4.66. The highest BCUT2D eigenvalue weighted by atomic mass is 15.2. The zero-order valence-corrected chi connectivity index (χ0v) is 9.24. The zero-order valence-electron chi connectivity index (χ0n) is 9.24. The summed E-state index contributed by atoms with van der Waals surface area (Å²) in [5.74, 6) is 1.76. The van der Waals surface area contributed by atoms with E-state index in [0.717, 1.165) is 18.1 Å². The number of aromatic nitrogens is 2. The van der Waals surface area contributed by atoms with Gasteiger partial charge in [0.25, 0.3) is 0 Å². The van der Waals surface area contributed by atoms with Gasteiger partial charge in [-0.25, -0.2) is 9.97 Å². The van der Waals surface area contributed by atoms with E-state index in [-0.39, 0.29) is 0 Å². The van der Waals surface area contributed by atoms with Crippen LogP contribution in [0.5, 0.6) is 0 Å². The Bertz CT molecular complexity index is 367. The van der Waals surface area contributed by atoms with Gasteiger partial charge in [-0.1, -0.05) is 0 Å². The Balaban J connectivity index is 1.79. The van der Waals surface area contributed by atoms with E-state index in [1.807, 2.05) is 0 Å². The number of hydrogen-bond acceptors (Lipinski definition) is 3. The highest BCUT2D eigenvalue weighted by molar-refractivity contribution is 5.15. The lowest BCUT2D eigenvalue weighted by molar-refractivity contribution is 0.170. The predicted octanol–water partition coefficient (Wildman–Crippen LogP) is 1.87. The Morgan fingerprint density at radius 2 is 2.13 bits per heavy atom. The van der Waals surface area contributed by atoms with Gasteiger partial charge in [0.15, 0.2) is 0 Å². The Morgan fingerprint density at radius 1 is 1.33 bits per heavy atom. The van der Waals surface area contributed by atoms with E-state index >= 15 is 0 Å². The van der Waals surface area contributed by atoms with Gasteiger partial charge in [-0.15, -0.1) is 0 Å².